The second kappa shape index (κ2) is 7.73. The summed E-state index contributed by atoms with van der Waals surface area (Å²) >= 11 is 0.697. The largest absolute Gasteiger partial charge is 0.478 e. The van der Waals surface area contributed by atoms with Crippen molar-refractivity contribution in [2.75, 3.05) is 7.11 Å². The number of carboxylic acid groups (broad SMARTS) is 1. The Bertz CT molecular complexity index is 1010. The van der Waals surface area contributed by atoms with Crippen LogP contribution in [-0.2, 0) is 14.3 Å². The van der Waals surface area contributed by atoms with Crippen LogP contribution in [0.4, 0.5) is 4.79 Å². The molecule has 1 N–H and O–H groups in total. The minimum Gasteiger partial charge on any atom is -0.478 e. The van der Waals surface area contributed by atoms with Crippen LogP contribution < -0.4 is 0 Å². The fourth-order valence-corrected chi connectivity index (χ4v) is 3.50. The van der Waals surface area contributed by atoms with Crippen LogP contribution in [0.3, 0.4) is 0 Å². The molecule has 1 fully saturated rings. The summed E-state index contributed by atoms with van der Waals surface area (Å²) in [6, 6.07) is 8.43. The summed E-state index contributed by atoms with van der Waals surface area (Å²) in [4.78, 5) is 48.3. The molecule has 28 heavy (non-hydrogen) atoms. The first kappa shape index (κ1) is 19.4. The average molecular weight is 401 g/mol. The van der Waals surface area contributed by atoms with E-state index in [4.69, 9.17) is 9.52 Å². The molecule has 0 aliphatic carbocycles. The zero-order valence-corrected chi connectivity index (χ0v) is 15.7. The molecule has 1 aliphatic heterocycles. The number of methoxy groups -OCH3 is 1. The normalized spacial score (nSPS) is 16.5. The van der Waals surface area contributed by atoms with Gasteiger partial charge in [0.05, 0.1) is 17.6 Å². The molecule has 2 heterocycles. The lowest BCUT2D eigenvalue weighted by molar-refractivity contribution is -0.148. The lowest BCUT2D eigenvalue weighted by Crippen LogP contribution is -2.42. The molecule has 0 saturated carbocycles. The van der Waals surface area contributed by atoms with Crippen molar-refractivity contribution in [3.63, 3.8) is 0 Å². The maximum atomic E-state index is 12.5. The Morgan fingerprint density at radius 1 is 1.25 bits per heavy atom. The molecule has 144 valence electrons. The van der Waals surface area contributed by atoms with E-state index in [0.717, 1.165) is 4.90 Å². The predicted octanol–water partition coefficient (Wildman–Crippen LogP) is 3.24. The Morgan fingerprint density at radius 3 is 2.68 bits per heavy atom. The first-order chi connectivity index (χ1) is 13.3. The SMILES string of the molecule is COC(=O)C(C)N1C(=O)SC(=Cc2ccc(-c3cccc(C(=O)O)c3)o2)C1=O. The second-order valence-electron chi connectivity index (χ2n) is 5.84. The summed E-state index contributed by atoms with van der Waals surface area (Å²) in [7, 11) is 1.18. The third-order valence-electron chi connectivity index (χ3n) is 4.05. The zero-order chi connectivity index (χ0) is 20.4. The van der Waals surface area contributed by atoms with Gasteiger partial charge in [-0.2, -0.15) is 0 Å². The number of ether oxygens (including phenoxy) is 1. The quantitative estimate of drug-likeness (QED) is 0.600. The number of furan rings is 1. The van der Waals surface area contributed by atoms with Crippen molar-refractivity contribution in [2.24, 2.45) is 0 Å². The van der Waals surface area contributed by atoms with Gasteiger partial charge in [0, 0.05) is 11.6 Å². The number of carbonyl (C=O) groups excluding carboxylic acids is 3. The van der Waals surface area contributed by atoms with Crippen molar-refractivity contribution in [1.82, 2.24) is 4.90 Å². The van der Waals surface area contributed by atoms with Crippen molar-refractivity contribution >= 4 is 40.9 Å². The molecule has 2 amide bonds. The Labute approximate surface area is 163 Å². The number of hydrogen-bond donors (Lipinski definition) is 1. The number of carbonyl (C=O) groups is 4. The van der Waals surface area contributed by atoms with Gasteiger partial charge in [-0.15, -0.1) is 0 Å². The first-order valence-corrected chi connectivity index (χ1v) is 8.92. The van der Waals surface area contributed by atoms with Crippen LogP contribution in [0.2, 0.25) is 0 Å². The molecule has 1 saturated heterocycles. The van der Waals surface area contributed by atoms with E-state index >= 15 is 0 Å². The van der Waals surface area contributed by atoms with Gasteiger partial charge < -0.3 is 14.3 Å². The number of carboxylic acids is 1. The summed E-state index contributed by atoms with van der Waals surface area (Å²) in [5, 5.41) is 8.51. The van der Waals surface area contributed by atoms with Gasteiger partial charge in [0.1, 0.15) is 17.6 Å². The fourth-order valence-electron chi connectivity index (χ4n) is 2.61. The molecule has 1 aromatic heterocycles. The highest BCUT2D eigenvalue weighted by Crippen LogP contribution is 2.34. The molecule has 1 aliphatic rings. The Kier molecular flexibility index (Phi) is 5.36. The lowest BCUT2D eigenvalue weighted by atomic mass is 10.1. The highest BCUT2D eigenvalue weighted by atomic mass is 32.2. The smallest absolute Gasteiger partial charge is 0.335 e. The molecule has 1 atom stereocenters. The van der Waals surface area contributed by atoms with E-state index in [1.54, 1.807) is 24.3 Å². The number of imide groups is 1. The number of rotatable bonds is 5. The zero-order valence-electron chi connectivity index (χ0n) is 14.9. The topological polar surface area (TPSA) is 114 Å². The van der Waals surface area contributed by atoms with E-state index in [0.29, 0.717) is 28.8 Å². The third-order valence-corrected chi connectivity index (χ3v) is 4.93. The van der Waals surface area contributed by atoms with Gasteiger partial charge in [0.25, 0.3) is 11.1 Å². The molecular weight excluding hydrogens is 386 g/mol. The van der Waals surface area contributed by atoms with E-state index < -0.39 is 29.1 Å². The van der Waals surface area contributed by atoms with Crippen molar-refractivity contribution in [2.45, 2.75) is 13.0 Å². The van der Waals surface area contributed by atoms with Gasteiger partial charge in [-0.05, 0) is 43.0 Å². The Hall–Kier alpha value is -3.33. The molecule has 9 heteroatoms. The van der Waals surface area contributed by atoms with Gasteiger partial charge in [-0.25, -0.2) is 9.59 Å². The van der Waals surface area contributed by atoms with Crippen LogP contribution >= 0.6 is 11.8 Å². The second-order valence-corrected chi connectivity index (χ2v) is 6.83. The van der Waals surface area contributed by atoms with E-state index in [2.05, 4.69) is 4.74 Å². The number of thioether (sulfide) groups is 1. The van der Waals surface area contributed by atoms with Gasteiger partial charge in [0.15, 0.2) is 0 Å². The predicted molar refractivity (Wildman–Crippen MR) is 100 cm³/mol. The van der Waals surface area contributed by atoms with Crippen LogP contribution in [0.25, 0.3) is 17.4 Å². The number of amides is 2. The van der Waals surface area contributed by atoms with Crippen molar-refractivity contribution in [1.29, 1.82) is 0 Å². The van der Waals surface area contributed by atoms with Gasteiger partial charge in [-0.1, -0.05) is 12.1 Å². The summed E-state index contributed by atoms with van der Waals surface area (Å²) in [6.07, 6.45) is 1.40. The number of aromatic carboxylic acids is 1. The molecule has 1 unspecified atom stereocenters. The number of benzene rings is 1. The third kappa shape index (κ3) is 3.70. The van der Waals surface area contributed by atoms with Gasteiger partial charge in [-0.3, -0.25) is 14.5 Å². The minimum atomic E-state index is -1.05. The average Bonchev–Trinajstić information content (AvgIpc) is 3.25. The Balaban J connectivity index is 1.85. The fraction of sp³-hybridized carbons (Fsp3) is 0.158. The molecule has 3 rings (SSSR count). The standard InChI is InChI=1S/C19H15NO7S/c1-10(18(24)26-2)20-16(21)15(28-19(20)25)9-13-6-7-14(27-13)11-4-3-5-12(8-11)17(22)23/h3-10H,1-2H3,(H,22,23). The molecule has 0 bridgehead atoms. The Morgan fingerprint density at radius 2 is 2.00 bits per heavy atom. The summed E-state index contributed by atoms with van der Waals surface area (Å²) in [5.74, 6) is -1.63. The molecule has 2 aromatic rings. The van der Waals surface area contributed by atoms with Crippen LogP contribution in [0.5, 0.6) is 0 Å². The van der Waals surface area contributed by atoms with Crippen LogP contribution in [0.1, 0.15) is 23.0 Å². The number of hydrogen-bond acceptors (Lipinski definition) is 7. The van der Waals surface area contributed by atoms with Crippen molar-refractivity contribution < 1.29 is 33.4 Å². The summed E-state index contributed by atoms with van der Waals surface area (Å²) in [6.45, 7) is 1.41. The van der Waals surface area contributed by atoms with Gasteiger partial charge in [0.2, 0.25) is 0 Å². The van der Waals surface area contributed by atoms with Crippen LogP contribution in [-0.4, -0.2) is 46.2 Å². The van der Waals surface area contributed by atoms with Crippen LogP contribution in [0, 0.1) is 0 Å². The monoisotopic (exact) mass is 401 g/mol. The van der Waals surface area contributed by atoms with E-state index in [-0.39, 0.29) is 10.5 Å². The minimum absolute atomic E-state index is 0.112. The molecule has 8 nitrogen and oxygen atoms in total. The summed E-state index contributed by atoms with van der Waals surface area (Å²) in [5.41, 5.74) is 0.681. The molecule has 0 radical (unpaired) electrons. The maximum Gasteiger partial charge on any atom is 0.335 e. The van der Waals surface area contributed by atoms with Gasteiger partial charge >= 0.3 is 11.9 Å². The first-order valence-electron chi connectivity index (χ1n) is 8.10. The number of nitrogens with zero attached hydrogens (tertiary/aromatic N) is 1. The molecule has 0 spiro atoms. The van der Waals surface area contributed by atoms with Crippen molar-refractivity contribution in [3.05, 3.63) is 52.6 Å². The van der Waals surface area contributed by atoms with Crippen LogP contribution in [0.15, 0.2) is 45.7 Å². The van der Waals surface area contributed by atoms with E-state index in [1.807, 2.05) is 0 Å². The maximum absolute atomic E-state index is 12.5. The lowest BCUT2D eigenvalue weighted by Gasteiger charge is -2.18. The highest BCUT2D eigenvalue weighted by molar-refractivity contribution is 8.18. The van der Waals surface area contributed by atoms with E-state index in [1.165, 1.54) is 32.2 Å². The van der Waals surface area contributed by atoms with Crippen molar-refractivity contribution in [3.8, 4) is 11.3 Å². The molecule has 1 aromatic carbocycles. The highest BCUT2D eigenvalue weighted by Gasteiger charge is 2.41. The molecular formula is C19H15NO7S. The van der Waals surface area contributed by atoms with E-state index in [9.17, 15) is 19.2 Å². The number of esters is 1. The summed E-state index contributed by atoms with van der Waals surface area (Å²) < 4.78 is 10.2.